The Morgan fingerprint density at radius 2 is 1.78 bits per heavy atom. The Morgan fingerprint density at radius 3 is 2.39 bits per heavy atom. The molecule has 0 saturated carbocycles. The lowest BCUT2D eigenvalue weighted by Crippen LogP contribution is -2.41. The van der Waals surface area contributed by atoms with Crippen molar-refractivity contribution in [3.05, 3.63) is 34.4 Å². The minimum atomic E-state index is -0.161. The molecule has 1 rings (SSSR count). The van der Waals surface area contributed by atoms with E-state index in [1.54, 1.807) is 0 Å². The van der Waals surface area contributed by atoms with Gasteiger partial charge in [0.2, 0.25) is 5.91 Å². The second-order valence-corrected chi connectivity index (χ2v) is 4.86. The average Bonchev–Trinajstić information content (AvgIpc) is 2.32. The Bertz CT molecular complexity index is 427. The van der Waals surface area contributed by atoms with Crippen LogP contribution < -0.4 is 10.6 Å². The molecule has 2 N–H and O–H groups in total. The van der Waals surface area contributed by atoms with Crippen LogP contribution in [0.2, 0.25) is 0 Å². The standard InChI is InChI=1S/C15H24N2O/c1-6-16-15(18)13(5)17-9-14-8-11(3)10(2)7-12(14)4/h7-8,13,17H,6,9H2,1-5H3,(H,16,18). The zero-order valence-electron chi connectivity index (χ0n) is 12.1. The maximum atomic E-state index is 11.6. The lowest BCUT2D eigenvalue weighted by Gasteiger charge is -2.15. The molecule has 0 bridgehead atoms. The summed E-state index contributed by atoms with van der Waals surface area (Å²) in [6.45, 7) is 11.6. The first-order chi connectivity index (χ1) is 8.45. The summed E-state index contributed by atoms with van der Waals surface area (Å²) in [4.78, 5) is 11.6. The summed E-state index contributed by atoms with van der Waals surface area (Å²) in [5.74, 6) is 0.0546. The topological polar surface area (TPSA) is 41.1 Å². The van der Waals surface area contributed by atoms with Gasteiger partial charge < -0.3 is 10.6 Å². The van der Waals surface area contributed by atoms with Gasteiger partial charge in [0.25, 0.3) is 0 Å². The van der Waals surface area contributed by atoms with Crippen LogP contribution in [0.3, 0.4) is 0 Å². The number of hydrogen-bond donors (Lipinski definition) is 2. The first kappa shape index (κ1) is 14.7. The summed E-state index contributed by atoms with van der Waals surface area (Å²) in [5, 5.41) is 6.07. The summed E-state index contributed by atoms with van der Waals surface area (Å²) in [5.41, 5.74) is 5.14. The van der Waals surface area contributed by atoms with Gasteiger partial charge in [-0.3, -0.25) is 4.79 Å². The van der Waals surface area contributed by atoms with Crippen molar-refractivity contribution in [2.75, 3.05) is 6.54 Å². The average molecular weight is 248 g/mol. The fourth-order valence-corrected chi connectivity index (χ4v) is 1.89. The van der Waals surface area contributed by atoms with Crippen molar-refractivity contribution in [3.8, 4) is 0 Å². The number of carbonyl (C=O) groups excluding carboxylic acids is 1. The van der Waals surface area contributed by atoms with E-state index in [1.807, 2.05) is 13.8 Å². The molecule has 0 aliphatic carbocycles. The molecule has 18 heavy (non-hydrogen) atoms. The molecule has 1 unspecified atom stereocenters. The van der Waals surface area contributed by atoms with Crippen LogP contribution in [0.4, 0.5) is 0 Å². The molecule has 0 aliphatic heterocycles. The quantitative estimate of drug-likeness (QED) is 0.839. The molecule has 0 aliphatic rings. The van der Waals surface area contributed by atoms with Crippen molar-refractivity contribution in [3.63, 3.8) is 0 Å². The van der Waals surface area contributed by atoms with E-state index >= 15 is 0 Å². The third-order valence-corrected chi connectivity index (χ3v) is 3.30. The van der Waals surface area contributed by atoms with E-state index in [1.165, 1.54) is 22.3 Å². The molecule has 0 aromatic heterocycles. The lowest BCUT2D eigenvalue weighted by atomic mass is 10.0. The summed E-state index contributed by atoms with van der Waals surface area (Å²) in [6.07, 6.45) is 0. The van der Waals surface area contributed by atoms with E-state index in [0.717, 1.165) is 6.54 Å². The highest BCUT2D eigenvalue weighted by molar-refractivity contribution is 5.81. The van der Waals surface area contributed by atoms with E-state index in [4.69, 9.17) is 0 Å². The Balaban J connectivity index is 2.63. The fourth-order valence-electron chi connectivity index (χ4n) is 1.89. The summed E-state index contributed by atoms with van der Waals surface area (Å²) in [6, 6.07) is 4.23. The highest BCUT2D eigenvalue weighted by Crippen LogP contribution is 2.15. The Kier molecular flexibility index (Phi) is 5.35. The molecule has 1 amide bonds. The monoisotopic (exact) mass is 248 g/mol. The number of hydrogen-bond acceptors (Lipinski definition) is 2. The van der Waals surface area contributed by atoms with Crippen LogP contribution in [-0.2, 0) is 11.3 Å². The van der Waals surface area contributed by atoms with Gasteiger partial charge in [-0.2, -0.15) is 0 Å². The smallest absolute Gasteiger partial charge is 0.236 e. The van der Waals surface area contributed by atoms with Gasteiger partial charge in [0, 0.05) is 13.1 Å². The lowest BCUT2D eigenvalue weighted by molar-refractivity contribution is -0.122. The molecule has 1 aromatic rings. The largest absolute Gasteiger partial charge is 0.355 e. The van der Waals surface area contributed by atoms with Crippen molar-refractivity contribution in [1.29, 1.82) is 0 Å². The van der Waals surface area contributed by atoms with Crippen LogP contribution in [0.5, 0.6) is 0 Å². The zero-order chi connectivity index (χ0) is 13.7. The first-order valence-electron chi connectivity index (χ1n) is 6.53. The van der Waals surface area contributed by atoms with E-state index in [2.05, 4.69) is 43.5 Å². The number of amides is 1. The SMILES string of the molecule is CCNC(=O)C(C)NCc1cc(C)c(C)cc1C. The normalized spacial score (nSPS) is 12.3. The van der Waals surface area contributed by atoms with E-state index in [0.29, 0.717) is 6.54 Å². The molecule has 1 atom stereocenters. The Morgan fingerprint density at radius 1 is 1.17 bits per heavy atom. The predicted octanol–water partition coefficient (Wildman–Crippen LogP) is 2.23. The first-order valence-corrected chi connectivity index (χ1v) is 6.53. The van der Waals surface area contributed by atoms with Gasteiger partial charge in [0.05, 0.1) is 6.04 Å². The van der Waals surface area contributed by atoms with Crippen molar-refractivity contribution < 1.29 is 4.79 Å². The van der Waals surface area contributed by atoms with Crippen LogP contribution >= 0.6 is 0 Å². The van der Waals surface area contributed by atoms with Crippen LogP contribution in [0.1, 0.15) is 36.1 Å². The molecule has 0 saturated heterocycles. The van der Waals surface area contributed by atoms with Crippen LogP contribution in [0.15, 0.2) is 12.1 Å². The molecule has 0 fully saturated rings. The highest BCUT2D eigenvalue weighted by atomic mass is 16.2. The molecule has 1 aromatic carbocycles. The Hall–Kier alpha value is -1.35. The maximum Gasteiger partial charge on any atom is 0.236 e. The summed E-state index contributed by atoms with van der Waals surface area (Å²) in [7, 11) is 0. The number of aryl methyl sites for hydroxylation is 3. The summed E-state index contributed by atoms with van der Waals surface area (Å²) < 4.78 is 0. The van der Waals surface area contributed by atoms with Gasteiger partial charge in [0.1, 0.15) is 0 Å². The van der Waals surface area contributed by atoms with Crippen molar-refractivity contribution in [2.24, 2.45) is 0 Å². The van der Waals surface area contributed by atoms with Gasteiger partial charge in [-0.25, -0.2) is 0 Å². The van der Waals surface area contributed by atoms with Crippen molar-refractivity contribution in [1.82, 2.24) is 10.6 Å². The molecular formula is C15H24N2O. The minimum absolute atomic E-state index is 0.0546. The fraction of sp³-hybridized carbons (Fsp3) is 0.533. The number of likely N-dealkylation sites (N-methyl/N-ethyl adjacent to an activating group) is 1. The minimum Gasteiger partial charge on any atom is -0.355 e. The molecular weight excluding hydrogens is 224 g/mol. The van der Waals surface area contributed by atoms with Crippen LogP contribution in [-0.4, -0.2) is 18.5 Å². The van der Waals surface area contributed by atoms with E-state index < -0.39 is 0 Å². The zero-order valence-corrected chi connectivity index (χ0v) is 12.1. The second kappa shape index (κ2) is 6.55. The van der Waals surface area contributed by atoms with Crippen LogP contribution in [0, 0.1) is 20.8 Å². The van der Waals surface area contributed by atoms with Gasteiger partial charge in [-0.05, 0) is 56.9 Å². The third-order valence-electron chi connectivity index (χ3n) is 3.30. The number of carbonyl (C=O) groups is 1. The van der Waals surface area contributed by atoms with Gasteiger partial charge in [0.15, 0.2) is 0 Å². The van der Waals surface area contributed by atoms with E-state index in [9.17, 15) is 4.79 Å². The predicted molar refractivity (Wildman–Crippen MR) is 75.6 cm³/mol. The number of rotatable bonds is 5. The second-order valence-electron chi connectivity index (χ2n) is 4.86. The molecule has 3 nitrogen and oxygen atoms in total. The molecule has 0 radical (unpaired) electrons. The van der Waals surface area contributed by atoms with Crippen LogP contribution in [0.25, 0.3) is 0 Å². The molecule has 0 spiro atoms. The number of benzene rings is 1. The molecule has 0 heterocycles. The van der Waals surface area contributed by atoms with Gasteiger partial charge >= 0.3 is 0 Å². The van der Waals surface area contributed by atoms with Gasteiger partial charge in [-0.1, -0.05) is 12.1 Å². The highest BCUT2D eigenvalue weighted by Gasteiger charge is 2.11. The van der Waals surface area contributed by atoms with E-state index in [-0.39, 0.29) is 11.9 Å². The maximum absolute atomic E-state index is 11.6. The molecule has 100 valence electrons. The van der Waals surface area contributed by atoms with Crippen molar-refractivity contribution >= 4 is 5.91 Å². The van der Waals surface area contributed by atoms with Crippen molar-refractivity contribution in [2.45, 2.75) is 47.2 Å². The number of nitrogens with one attached hydrogen (secondary N) is 2. The third kappa shape index (κ3) is 3.84. The molecule has 3 heteroatoms. The Labute approximate surface area is 110 Å². The van der Waals surface area contributed by atoms with Gasteiger partial charge in [-0.15, -0.1) is 0 Å². The summed E-state index contributed by atoms with van der Waals surface area (Å²) >= 11 is 0.